The Balaban J connectivity index is 0.998. The minimum atomic E-state index is -5.50. The highest BCUT2D eigenvalue weighted by atomic mass is 32.3. The van der Waals surface area contributed by atoms with Crippen molar-refractivity contribution in [3.8, 4) is 0 Å². The first kappa shape index (κ1) is 104. The van der Waals surface area contributed by atoms with Crippen molar-refractivity contribution in [2.24, 2.45) is 0 Å². The van der Waals surface area contributed by atoms with E-state index in [1.54, 1.807) is 0 Å². The lowest BCUT2D eigenvalue weighted by Crippen LogP contribution is -2.71. The summed E-state index contributed by atoms with van der Waals surface area (Å²) in [4.78, 5) is 51.8. The molecule has 57 nitrogen and oxygen atoms in total. The Bertz CT molecular complexity index is 3570. The monoisotopic (exact) mass is 1870 g/mol. The molecule has 50 atom stereocenters. The van der Waals surface area contributed by atoms with Crippen LogP contribution in [0.25, 0.3) is 0 Å². The van der Waals surface area contributed by atoms with Crippen LogP contribution in [0.5, 0.6) is 0 Å². The molecule has 0 radical (unpaired) electrons. The van der Waals surface area contributed by atoms with E-state index in [2.05, 4.69) is 25.5 Å². The minimum Gasteiger partial charge on any atom is -0.394 e. The molecule has 31 N–H and O–H groups in total. The molecule has 4 amide bonds. The van der Waals surface area contributed by atoms with E-state index in [-0.39, 0.29) is 0 Å². The molecule has 0 bridgehead atoms. The number of hydrogen-bond acceptors (Lipinski definition) is 52. The van der Waals surface area contributed by atoms with E-state index in [9.17, 15) is 165 Å². The fraction of sp³-hybridized carbons (Fsp3) is 0.941. The van der Waals surface area contributed by atoms with Crippen molar-refractivity contribution in [2.75, 3.05) is 59.5 Å². The third-order valence-electron chi connectivity index (χ3n) is 22.6. The zero-order chi connectivity index (χ0) is 93.0. The van der Waals surface area contributed by atoms with Gasteiger partial charge >= 0.3 is 10.4 Å². The number of carbonyl (C=O) groups excluding carboxylic acids is 4. The Hall–Kier alpha value is -4.05. The standard InChI is InChI=1S/C68H114N4O53S/c1-15-33(83)43(93)48(98)63(109-15)106-13-27-54(39(89)29(59(102)110-27)69-16(2)79)119-60-30(70-17(3)80)40(90)53(25(11-78)115-60)121-66-51(101)56(123-68-58(47(97)37(87)23(9-76)114-68)125-61-31(71-18(4)81)41(91)52(24(10-77)116-61)120-64-49(99)44(94)34(84)20(6-73)111-64)38(88)26(117-66)12-107-67-57(46(96)36(86)22(8-75)113-67)124-62-32(72-19(5)82)42(92)55(28(118-62)14-108-126(103,104)105)122-65-50(100)45(95)35(85)21(7-74)112-65/h15,20-68,73-78,83-102H,6-14H2,1-5H3,(H,69,79)(H,70,80)(H,71,81)(H,72,82)(H,103,104,105)/t15-,20+,21+,22+,23+,24+,25+,26+,27+,28+,29+,30+,31+,32+,33+,34-,35-,36+,37+,38+,39+,40+,41+,42+,43+,44-,45-,46-,47-,48-,49+,50+,51-,52+,53+,54+,55+,56-,57-,58-,59-,60-,61-,62-,63+,64-,65-,66-,67-,68+/m0/s1. The Kier molecular flexibility index (Phi) is 37.0. The third kappa shape index (κ3) is 23.6. The van der Waals surface area contributed by atoms with E-state index in [1.807, 2.05) is 0 Å². The number of aliphatic hydroxyl groups is 26. The molecule has 10 rings (SSSR count). The number of amides is 4. The van der Waals surface area contributed by atoms with Crippen LogP contribution in [-0.2, 0) is 124 Å². The van der Waals surface area contributed by atoms with E-state index >= 15 is 0 Å². The van der Waals surface area contributed by atoms with E-state index in [4.69, 9.17) is 90.0 Å². The molecule has 0 unspecified atom stereocenters. The van der Waals surface area contributed by atoms with Crippen LogP contribution >= 0.6 is 0 Å². The first-order valence-electron chi connectivity index (χ1n) is 39.7. The predicted octanol–water partition coefficient (Wildman–Crippen LogP) is -21.4. The van der Waals surface area contributed by atoms with Gasteiger partial charge in [-0.25, -0.2) is 4.18 Å². The number of aliphatic hydroxyl groups excluding tert-OH is 26. The molecule has 10 saturated heterocycles. The second kappa shape index (κ2) is 44.9. The van der Waals surface area contributed by atoms with Gasteiger partial charge < -0.3 is 244 Å². The van der Waals surface area contributed by atoms with Crippen LogP contribution in [0.15, 0.2) is 0 Å². The van der Waals surface area contributed by atoms with Gasteiger partial charge in [0.15, 0.2) is 62.9 Å². The quantitative estimate of drug-likeness (QED) is 0.0271. The Labute approximate surface area is 713 Å². The van der Waals surface area contributed by atoms with Gasteiger partial charge in [-0.3, -0.25) is 23.7 Å². The molecule has 730 valence electrons. The summed E-state index contributed by atoms with van der Waals surface area (Å²) in [7, 11) is -5.50. The summed E-state index contributed by atoms with van der Waals surface area (Å²) in [6, 6.07) is -7.94. The van der Waals surface area contributed by atoms with Gasteiger partial charge in [0.25, 0.3) is 0 Å². The van der Waals surface area contributed by atoms with Gasteiger partial charge in [0.05, 0.1) is 65.6 Å². The zero-order valence-corrected chi connectivity index (χ0v) is 68.1. The maximum Gasteiger partial charge on any atom is 0.397 e. The second-order valence-electron chi connectivity index (χ2n) is 31.5. The summed E-state index contributed by atoms with van der Waals surface area (Å²) >= 11 is 0. The number of rotatable bonds is 33. The lowest BCUT2D eigenvalue weighted by molar-refractivity contribution is -0.399. The highest BCUT2D eigenvalue weighted by molar-refractivity contribution is 7.80. The van der Waals surface area contributed by atoms with Crippen LogP contribution in [0, 0.1) is 0 Å². The van der Waals surface area contributed by atoms with E-state index in [0.717, 1.165) is 27.7 Å². The summed E-state index contributed by atoms with van der Waals surface area (Å²) in [5, 5.41) is 300. The molecule has 0 spiro atoms. The second-order valence-corrected chi connectivity index (χ2v) is 32.6. The SMILES string of the molecule is CC(=O)N[C@@H]1[C@@H](O)[C@H](O[C@@H]2O[C@H](CO)[C@@H](O[C@@H]3O[C@H](CO[C@H]4O[C@H](CO)[C@@H](O)[C@H](O)[C@@H]4O[C@@H]4O[C@H](COS(=O)(=O)O)[C@@H](O[C@@H]5O[C@H](CO)[C@H](O)[C@H](O)[C@H]5O)[C@H](O)[C@H]4NC(C)=O)[C@@H](O)[C@H](O[C@H]4O[C@H](CO)[C@@H](O)[C@H](O)[C@@H]4O[C@@H]4O[C@H](CO)[C@@H](O[C@@H]5O[C@H](CO)[C@H](O)[C@H](O)[C@H]5O)[C@H](O)[C@H]4NC(C)=O)[C@@H]3O)[C@H](O)[C@H]2NC(C)=O)[C@@H](CO[C@@H]2O[C@@H](C)[C@@H](O)[C@@H](O)[C@@H]2O)O[C@@H]1O. The van der Waals surface area contributed by atoms with Gasteiger partial charge in [0.1, 0.15) is 238 Å². The molecule has 126 heavy (non-hydrogen) atoms. The number of hydrogen-bond donors (Lipinski definition) is 31. The van der Waals surface area contributed by atoms with Gasteiger partial charge in [-0.15, -0.1) is 0 Å². The van der Waals surface area contributed by atoms with Crippen molar-refractivity contribution in [1.29, 1.82) is 0 Å². The van der Waals surface area contributed by atoms with Gasteiger partial charge in [-0.05, 0) is 6.92 Å². The third-order valence-corrected chi connectivity index (χ3v) is 23.1. The molecular formula is C68H114N4O53S. The smallest absolute Gasteiger partial charge is 0.394 e. The Morgan fingerprint density at radius 2 is 0.548 bits per heavy atom. The molecule has 0 aliphatic carbocycles. The largest absolute Gasteiger partial charge is 0.397 e. The van der Waals surface area contributed by atoms with Crippen LogP contribution < -0.4 is 21.3 Å². The van der Waals surface area contributed by atoms with Crippen molar-refractivity contribution < 1.29 is 259 Å². The summed E-state index contributed by atoms with van der Waals surface area (Å²) < 4.78 is 151. The van der Waals surface area contributed by atoms with Gasteiger partial charge in [0.2, 0.25) is 23.6 Å². The Morgan fingerprint density at radius 1 is 0.262 bits per heavy atom. The van der Waals surface area contributed by atoms with Crippen molar-refractivity contribution in [1.82, 2.24) is 21.3 Å². The van der Waals surface area contributed by atoms with Gasteiger partial charge in [0, 0.05) is 27.7 Å². The number of carbonyl (C=O) groups is 4. The van der Waals surface area contributed by atoms with Crippen LogP contribution in [0.3, 0.4) is 0 Å². The van der Waals surface area contributed by atoms with E-state index < -0.39 is 400 Å². The van der Waals surface area contributed by atoms with Crippen molar-refractivity contribution >= 4 is 34.0 Å². The van der Waals surface area contributed by atoms with Crippen LogP contribution in [0.1, 0.15) is 34.6 Å². The fourth-order valence-electron chi connectivity index (χ4n) is 15.9. The molecular weight excluding hydrogens is 1750 g/mol. The molecule has 0 saturated carbocycles. The summed E-state index contributed by atoms with van der Waals surface area (Å²) in [5.74, 6) is -3.92. The van der Waals surface area contributed by atoms with Gasteiger partial charge in [-0.2, -0.15) is 8.42 Å². The molecule has 10 heterocycles. The average molecular weight is 1870 g/mol. The number of nitrogens with one attached hydrogen (secondary N) is 4. The first-order valence-corrected chi connectivity index (χ1v) is 41.0. The first-order chi connectivity index (χ1) is 59.3. The minimum absolute atomic E-state index is 0.862. The zero-order valence-electron chi connectivity index (χ0n) is 67.3. The lowest BCUT2D eigenvalue weighted by atomic mass is 9.93. The summed E-state index contributed by atoms with van der Waals surface area (Å²) in [5.41, 5.74) is 0. The average Bonchev–Trinajstić information content (AvgIpc) is 0.761. The number of ether oxygens (including phenoxy) is 19. The van der Waals surface area contributed by atoms with Crippen LogP contribution in [0.4, 0.5) is 0 Å². The Morgan fingerprint density at radius 3 is 0.960 bits per heavy atom. The van der Waals surface area contributed by atoms with E-state index in [1.165, 1.54) is 6.92 Å². The highest BCUT2D eigenvalue weighted by Gasteiger charge is 2.62. The lowest BCUT2D eigenvalue weighted by Gasteiger charge is -2.51. The molecule has 0 aromatic rings. The molecule has 10 aliphatic rings. The van der Waals surface area contributed by atoms with Crippen LogP contribution in [-0.4, -0.2) is 536 Å². The van der Waals surface area contributed by atoms with Gasteiger partial charge in [-0.1, -0.05) is 0 Å². The summed E-state index contributed by atoms with van der Waals surface area (Å²) in [6.07, 6.45) is -98.4. The highest BCUT2D eigenvalue weighted by Crippen LogP contribution is 2.41. The van der Waals surface area contributed by atoms with Crippen molar-refractivity contribution in [2.45, 2.75) is 341 Å². The van der Waals surface area contributed by atoms with Crippen LogP contribution in [0.2, 0.25) is 0 Å². The maximum absolute atomic E-state index is 13.3. The molecule has 0 aromatic carbocycles. The fourth-order valence-corrected chi connectivity index (χ4v) is 16.2. The normalized spacial score (nSPS) is 48.6. The molecule has 0 aromatic heterocycles. The van der Waals surface area contributed by atoms with Crippen molar-refractivity contribution in [3.63, 3.8) is 0 Å². The molecule has 10 fully saturated rings. The maximum atomic E-state index is 13.3. The van der Waals surface area contributed by atoms with Crippen molar-refractivity contribution in [3.05, 3.63) is 0 Å². The summed E-state index contributed by atoms with van der Waals surface area (Å²) in [6.45, 7) is -5.61. The predicted molar refractivity (Wildman–Crippen MR) is 385 cm³/mol. The molecule has 58 heteroatoms. The van der Waals surface area contributed by atoms with E-state index in [0.29, 0.717) is 0 Å². The topological polar surface area (TPSA) is 881 Å². The molecule has 10 aliphatic heterocycles.